The van der Waals surface area contributed by atoms with Gasteiger partial charge in [0.25, 0.3) is 0 Å². The number of carbonyl (C=O) groups is 1. The first-order valence-corrected chi connectivity index (χ1v) is 7.29. The van der Waals surface area contributed by atoms with Gasteiger partial charge in [-0.25, -0.2) is 13.2 Å². The Hall–Kier alpha value is -1.44. The molecule has 1 rings (SSSR count). The Kier molecular flexibility index (Phi) is 5.46. The molecule has 0 aliphatic rings. The van der Waals surface area contributed by atoms with Crippen molar-refractivity contribution >= 4 is 15.8 Å². The van der Waals surface area contributed by atoms with Gasteiger partial charge in [0.1, 0.15) is 0 Å². The van der Waals surface area contributed by atoms with Crippen LogP contribution in [0.5, 0.6) is 0 Å². The smallest absolute Gasteiger partial charge is 0.335 e. The summed E-state index contributed by atoms with van der Waals surface area (Å²) in [7, 11) is -3.60. The van der Waals surface area contributed by atoms with Crippen LogP contribution in [0, 0.1) is 6.92 Å². The summed E-state index contributed by atoms with van der Waals surface area (Å²) in [5, 5.41) is 17.5. The third-order valence-corrected chi connectivity index (χ3v) is 4.40. The van der Waals surface area contributed by atoms with E-state index in [1.165, 1.54) is 25.1 Å². The van der Waals surface area contributed by atoms with Crippen molar-refractivity contribution in [3.05, 3.63) is 29.3 Å². The molecule has 2 N–H and O–H groups in total. The van der Waals surface area contributed by atoms with E-state index in [0.717, 1.165) is 0 Å². The van der Waals surface area contributed by atoms with Crippen molar-refractivity contribution in [1.82, 2.24) is 0 Å². The van der Waals surface area contributed by atoms with Gasteiger partial charge in [-0.05, 0) is 24.6 Å². The number of hydrogen-bond donors (Lipinski definition) is 2. The number of aliphatic hydroxyl groups excluding tert-OH is 1. The van der Waals surface area contributed by atoms with Crippen LogP contribution in [0.2, 0.25) is 0 Å². The van der Waals surface area contributed by atoms with E-state index in [-0.39, 0.29) is 41.6 Å². The average Bonchev–Trinajstić information content (AvgIpc) is 2.34. The van der Waals surface area contributed by atoms with Gasteiger partial charge in [0, 0.05) is 0 Å². The number of carboxylic acid groups (broad SMARTS) is 1. The van der Waals surface area contributed by atoms with Crippen LogP contribution in [0.15, 0.2) is 23.1 Å². The summed E-state index contributed by atoms with van der Waals surface area (Å²) in [6.07, 6.45) is 0. The predicted octanol–water partition coefficient (Wildman–Crippen LogP) is 0.476. The zero-order valence-electron chi connectivity index (χ0n) is 10.5. The highest BCUT2D eigenvalue weighted by molar-refractivity contribution is 7.91. The van der Waals surface area contributed by atoms with E-state index in [0.29, 0.717) is 0 Å². The molecule has 0 radical (unpaired) electrons. The van der Waals surface area contributed by atoms with Gasteiger partial charge in [0.2, 0.25) is 0 Å². The van der Waals surface area contributed by atoms with Crippen LogP contribution in [0.1, 0.15) is 15.9 Å². The van der Waals surface area contributed by atoms with E-state index in [2.05, 4.69) is 0 Å². The zero-order chi connectivity index (χ0) is 14.5. The molecular weight excluding hydrogens is 272 g/mol. The zero-order valence-corrected chi connectivity index (χ0v) is 11.3. The van der Waals surface area contributed by atoms with Crippen molar-refractivity contribution in [2.24, 2.45) is 0 Å². The van der Waals surface area contributed by atoms with Gasteiger partial charge < -0.3 is 14.9 Å². The minimum absolute atomic E-state index is 0.00000142. The minimum atomic E-state index is -3.60. The van der Waals surface area contributed by atoms with Gasteiger partial charge >= 0.3 is 5.97 Å². The molecule has 0 aliphatic heterocycles. The molecule has 0 atom stereocenters. The SMILES string of the molecule is Cc1c(C(=O)O)cccc1S(=O)(=O)CCOCCO. The van der Waals surface area contributed by atoms with Gasteiger partial charge in [-0.3, -0.25) is 0 Å². The van der Waals surface area contributed by atoms with Crippen LogP contribution in [0.25, 0.3) is 0 Å². The lowest BCUT2D eigenvalue weighted by Crippen LogP contribution is -2.16. The van der Waals surface area contributed by atoms with E-state index in [9.17, 15) is 13.2 Å². The molecule has 0 fully saturated rings. The third-order valence-electron chi connectivity index (χ3n) is 2.58. The maximum atomic E-state index is 12.1. The van der Waals surface area contributed by atoms with Crippen LogP contribution in [0.4, 0.5) is 0 Å². The number of aliphatic hydroxyl groups is 1. The second-order valence-electron chi connectivity index (χ2n) is 3.89. The van der Waals surface area contributed by atoms with E-state index in [4.69, 9.17) is 14.9 Å². The molecule has 19 heavy (non-hydrogen) atoms. The molecule has 6 nitrogen and oxygen atoms in total. The quantitative estimate of drug-likeness (QED) is 0.708. The van der Waals surface area contributed by atoms with Crippen molar-refractivity contribution in [2.75, 3.05) is 25.6 Å². The van der Waals surface area contributed by atoms with Gasteiger partial charge in [0.05, 0.1) is 36.0 Å². The third kappa shape index (κ3) is 4.02. The first-order valence-electron chi connectivity index (χ1n) is 5.64. The standard InChI is InChI=1S/C12H16O6S/c1-9-10(12(14)15)3-2-4-11(9)19(16,17)8-7-18-6-5-13/h2-4,13H,5-8H2,1H3,(H,14,15). The van der Waals surface area contributed by atoms with Crippen LogP contribution < -0.4 is 0 Å². The second kappa shape index (κ2) is 6.65. The highest BCUT2D eigenvalue weighted by Gasteiger charge is 2.20. The molecule has 0 aromatic heterocycles. The van der Waals surface area contributed by atoms with Crippen LogP contribution >= 0.6 is 0 Å². The molecule has 1 aromatic rings. The van der Waals surface area contributed by atoms with Crippen molar-refractivity contribution in [3.63, 3.8) is 0 Å². The molecule has 0 spiro atoms. The fourth-order valence-corrected chi connectivity index (χ4v) is 3.05. The van der Waals surface area contributed by atoms with E-state index in [1.807, 2.05) is 0 Å². The molecule has 0 aliphatic carbocycles. The molecule has 0 bridgehead atoms. The van der Waals surface area contributed by atoms with E-state index in [1.54, 1.807) is 0 Å². The molecule has 0 amide bonds. The summed E-state index contributed by atoms with van der Waals surface area (Å²) in [6, 6.07) is 4.14. The number of carboxylic acids is 1. The van der Waals surface area contributed by atoms with E-state index < -0.39 is 15.8 Å². The van der Waals surface area contributed by atoms with E-state index >= 15 is 0 Å². The lowest BCUT2D eigenvalue weighted by molar-refractivity contribution is 0.0696. The molecule has 0 heterocycles. The predicted molar refractivity (Wildman–Crippen MR) is 68.1 cm³/mol. The molecule has 0 saturated heterocycles. The topological polar surface area (TPSA) is 101 Å². The largest absolute Gasteiger partial charge is 0.478 e. The minimum Gasteiger partial charge on any atom is -0.478 e. The van der Waals surface area contributed by atoms with Crippen molar-refractivity contribution in [3.8, 4) is 0 Å². The number of benzene rings is 1. The lowest BCUT2D eigenvalue weighted by Gasteiger charge is -2.10. The molecular formula is C12H16O6S. The van der Waals surface area contributed by atoms with Gasteiger partial charge in [-0.15, -0.1) is 0 Å². The molecule has 0 unspecified atom stereocenters. The molecule has 0 saturated carbocycles. The Bertz CT molecular complexity index is 549. The summed E-state index contributed by atoms with van der Waals surface area (Å²) >= 11 is 0. The van der Waals surface area contributed by atoms with Gasteiger partial charge in [0.15, 0.2) is 9.84 Å². The number of hydrogen-bond acceptors (Lipinski definition) is 5. The van der Waals surface area contributed by atoms with Gasteiger partial charge in [-0.2, -0.15) is 0 Å². The van der Waals surface area contributed by atoms with Crippen LogP contribution in [-0.4, -0.2) is 50.2 Å². The maximum absolute atomic E-state index is 12.1. The fraction of sp³-hybridized carbons (Fsp3) is 0.417. The number of ether oxygens (including phenoxy) is 1. The Morgan fingerprint density at radius 2 is 2.00 bits per heavy atom. The maximum Gasteiger partial charge on any atom is 0.335 e. The van der Waals surface area contributed by atoms with Crippen LogP contribution in [0.3, 0.4) is 0 Å². The Labute approximate surface area is 111 Å². The highest BCUT2D eigenvalue weighted by atomic mass is 32.2. The lowest BCUT2D eigenvalue weighted by atomic mass is 10.1. The average molecular weight is 288 g/mol. The van der Waals surface area contributed by atoms with Crippen molar-refractivity contribution in [2.45, 2.75) is 11.8 Å². The Morgan fingerprint density at radius 1 is 1.32 bits per heavy atom. The Balaban J connectivity index is 2.96. The van der Waals surface area contributed by atoms with Crippen LogP contribution in [-0.2, 0) is 14.6 Å². The first-order chi connectivity index (χ1) is 8.90. The molecule has 106 valence electrons. The highest BCUT2D eigenvalue weighted by Crippen LogP contribution is 2.20. The fourth-order valence-electron chi connectivity index (χ4n) is 1.63. The normalized spacial score (nSPS) is 11.5. The number of sulfone groups is 1. The number of rotatable bonds is 7. The Morgan fingerprint density at radius 3 is 2.58 bits per heavy atom. The number of aromatic carboxylic acids is 1. The summed E-state index contributed by atoms with van der Waals surface area (Å²) in [5.41, 5.74) is 0.189. The summed E-state index contributed by atoms with van der Waals surface area (Å²) in [5.74, 6) is -1.41. The van der Waals surface area contributed by atoms with Crippen molar-refractivity contribution in [1.29, 1.82) is 0 Å². The second-order valence-corrected chi connectivity index (χ2v) is 5.97. The molecule has 7 heteroatoms. The monoisotopic (exact) mass is 288 g/mol. The van der Waals surface area contributed by atoms with Crippen molar-refractivity contribution < 1.29 is 28.2 Å². The summed E-state index contributed by atoms with van der Waals surface area (Å²) < 4.78 is 29.0. The summed E-state index contributed by atoms with van der Waals surface area (Å²) in [6.45, 7) is 1.32. The first kappa shape index (κ1) is 15.6. The summed E-state index contributed by atoms with van der Waals surface area (Å²) in [4.78, 5) is 11.0. The molecule has 1 aromatic carbocycles. The van der Waals surface area contributed by atoms with Gasteiger partial charge in [-0.1, -0.05) is 6.07 Å².